The largest absolute Gasteiger partial charge is 0.496 e. The smallest absolute Gasteiger partial charge is 0.123 e. The summed E-state index contributed by atoms with van der Waals surface area (Å²) < 4.78 is 5.47. The average molecular weight is 260 g/mol. The van der Waals surface area contributed by atoms with E-state index >= 15 is 0 Å². The van der Waals surface area contributed by atoms with Crippen LogP contribution in [0.15, 0.2) is 24.3 Å². The number of ether oxygens (including phenoxy) is 1. The summed E-state index contributed by atoms with van der Waals surface area (Å²) in [7, 11) is 1.74. The highest BCUT2D eigenvalue weighted by Gasteiger charge is 2.13. The fourth-order valence-electron chi connectivity index (χ4n) is 2.59. The first-order valence-electron chi connectivity index (χ1n) is 7.09. The Hall–Kier alpha value is -1.32. The van der Waals surface area contributed by atoms with Crippen molar-refractivity contribution in [2.75, 3.05) is 26.7 Å². The van der Waals surface area contributed by atoms with Gasteiger partial charge in [0.1, 0.15) is 5.75 Å². The number of nitrogens with two attached hydrogens (primary N) is 1. The van der Waals surface area contributed by atoms with Gasteiger partial charge in [-0.3, -0.25) is 4.90 Å². The minimum absolute atomic E-state index is 0.577. The molecule has 104 valence electrons. The molecule has 0 bridgehead atoms. The molecule has 1 aliphatic rings. The van der Waals surface area contributed by atoms with Crippen LogP contribution in [0.2, 0.25) is 0 Å². The molecule has 1 heterocycles. The van der Waals surface area contributed by atoms with Crippen molar-refractivity contribution in [3.63, 3.8) is 0 Å². The van der Waals surface area contributed by atoms with E-state index in [1.54, 1.807) is 7.11 Å². The lowest BCUT2D eigenvalue weighted by Crippen LogP contribution is -2.29. The Labute approximate surface area is 116 Å². The summed E-state index contributed by atoms with van der Waals surface area (Å²) in [6.45, 7) is 3.96. The number of rotatable bonds is 5. The van der Waals surface area contributed by atoms with Gasteiger partial charge in [0.15, 0.2) is 0 Å². The molecule has 0 aliphatic carbocycles. The number of likely N-dealkylation sites (tertiary alicyclic amines) is 1. The van der Waals surface area contributed by atoms with Gasteiger partial charge >= 0.3 is 0 Å². The van der Waals surface area contributed by atoms with E-state index in [1.165, 1.54) is 43.5 Å². The normalized spacial score (nSPS) is 16.9. The molecule has 0 spiro atoms. The van der Waals surface area contributed by atoms with Crippen LogP contribution in [0, 0.1) is 0 Å². The van der Waals surface area contributed by atoms with E-state index in [0.717, 1.165) is 12.3 Å². The van der Waals surface area contributed by atoms with Crippen molar-refractivity contribution >= 4 is 6.08 Å². The molecule has 0 amide bonds. The number of hydrogen-bond acceptors (Lipinski definition) is 3. The first-order chi connectivity index (χ1) is 9.33. The zero-order valence-corrected chi connectivity index (χ0v) is 11.8. The van der Waals surface area contributed by atoms with E-state index in [-0.39, 0.29) is 0 Å². The Bertz CT molecular complexity index is 423. The van der Waals surface area contributed by atoms with Gasteiger partial charge in [-0.1, -0.05) is 24.6 Å². The molecule has 0 saturated carbocycles. The third kappa shape index (κ3) is 4.08. The van der Waals surface area contributed by atoms with E-state index in [0.29, 0.717) is 6.54 Å². The van der Waals surface area contributed by atoms with Crippen molar-refractivity contribution in [3.8, 4) is 5.75 Å². The van der Waals surface area contributed by atoms with Gasteiger partial charge in [-0.2, -0.15) is 0 Å². The lowest BCUT2D eigenvalue weighted by atomic mass is 10.1. The summed E-state index contributed by atoms with van der Waals surface area (Å²) in [4.78, 5) is 2.51. The zero-order chi connectivity index (χ0) is 13.5. The van der Waals surface area contributed by atoms with E-state index in [2.05, 4.69) is 29.2 Å². The van der Waals surface area contributed by atoms with Gasteiger partial charge in [0, 0.05) is 18.7 Å². The predicted molar refractivity (Wildman–Crippen MR) is 80.2 cm³/mol. The van der Waals surface area contributed by atoms with Crippen LogP contribution in [-0.2, 0) is 6.54 Å². The Balaban J connectivity index is 2.13. The minimum atomic E-state index is 0.577. The molecule has 1 fully saturated rings. The molecular weight excluding hydrogens is 236 g/mol. The van der Waals surface area contributed by atoms with Crippen molar-refractivity contribution in [2.24, 2.45) is 5.73 Å². The third-order valence-corrected chi connectivity index (χ3v) is 3.59. The molecule has 1 aromatic rings. The predicted octanol–water partition coefficient (Wildman–Crippen LogP) is 2.65. The molecule has 1 aromatic carbocycles. The van der Waals surface area contributed by atoms with Crippen molar-refractivity contribution in [3.05, 3.63) is 35.4 Å². The average Bonchev–Trinajstić information content (AvgIpc) is 2.46. The van der Waals surface area contributed by atoms with Crippen LogP contribution < -0.4 is 10.5 Å². The molecule has 0 radical (unpaired) electrons. The second-order valence-corrected chi connectivity index (χ2v) is 5.05. The molecule has 2 N–H and O–H groups in total. The van der Waals surface area contributed by atoms with Crippen molar-refractivity contribution in [2.45, 2.75) is 25.8 Å². The maximum Gasteiger partial charge on any atom is 0.123 e. The Morgan fingerprint density at radius 2 is 2.05 bits per heavy atom. The van der Waals surface area contributed by atoms with Crippen LogP contribution in [0.1, 0.15) is 30.4 Å². The number of hydrogen-bond donors (Lipinski definition) is 1. The van der Waals surface area contributed by atoms with Crippen LogP contribution in [0.3, 0.4) is 0 Å². The second-order valence-electron chi connectivity index (χ2n) is 5.05. The molecule has 2 rings (SSSR count). The fourth-order valence-corrected chi connectivity index (χ4v) is 2.59. The highest BCUT2D eigenvalue weighted by atomic mass is 16.5. The highest BCUT2D eigenvalue weighted by Crippen LogP contribution is 2.23. The first kappa shape index (κ1) is 14.1. The van der Waals surface area contributed by atoms with Crippen LogP contribution in [0.4, 0.5) is 0 Å². The van der Waals surface area contributed by atoms with Crippen LogP contribution in [0.5, 0.6) is 5.75 Å². The lowest BCUT2D eigenvalue weighted by Gasteiger charge is -2.27. The molecule has 0 unspecified atom stereocenters. The first-order valence-corrected chi connectivity index (χ1v) is 7.09. The topological polar surface area (TPSA) is 38.5 Å². The number of nitrogens with zero attached hydrogens (tertiary/aromatic N) is 1. The highest BCUT2D eigenvalue weighted by molar-refractivity contribution is 5.53. The molecule has 0 atom stereocenters. The van der Waals surface area contributed by atoms with E-state index in [1.807, 2.05) is 6.08 Å². The molecule has 3 nitrogen and oxygen atoms in total. The quantitative estimate of drug-likeness (QED) is 0.884. The van der Waals surface area contributed by atoms with Gasteiger partial charge in [0.2, 0.25) is 0 Å². The van der Waals surface area contributed by atoms with E-state index in [4.69, 9.17) is 10.5 Å². The maximum atomic E-state index is 5.50. The van der Waals surface area contributed by atoms with E-state index < -0.39 is 0 Å². The molecule has 3 heteroatoms. The fraction of sp³-hybridized carbons (Fsp3) is 0.500. The Kier molecular flexibility index (Phi) is 5.43. The van der Waals surface area contributed by atoms with Gasteiger partial charge in [-0.15, -0.1) is 0 Å². The third-order valence-electron chi connectivity index (χ3n) is 3.59. The molecule has 0 aromatic heterocycles. The SMILES string of the molecule is COc1ccc(/C=C/CN)cc1CN1CCCCC1. The second kappa shape index (κ2) is 7.31. The summed E-state index contributed by atoms with van der Waals surface area (Å²) >= 11 is 0. The number of piperidine rings is 1. The molecule has 19 heavy (non-hydrogen) atoms. The van der Waals surface area contributed by atoms with Gasteiger partial charge in [-0.05, 0) is 43.6 Å². The molecule has 1 saturated heterocycles. The summed E-state index contributed by atoms with van der Waals surface area (Å²) in [5, 5.41) is 0. The van der Waals surface area contributed by atoms with Crippen LogP contribution in [0.25, 0.3) is 6.08 Å². The summed E-state index contributed by atoms with van der Waals surface area (Å²) in [5.41, 5.74) is 7.96. The summed E-state index contributed by atoms with van der Waals surface area (Å²) in [5.74, 6) is 0.982. The summed E-state index contributed by atoms with van der Waals surface area (Å²) in [6.07, 6.45) is 8.04. The number of benzene rings is 1. The van der Waals surface area contributed by atoms with Crippen molar-refractivity contribution < 1.29 is 4.74 Å². The van der Waals surface area contributed by atoms with E-state index in [9.17, 15) is 0 Å². The maximum absolute atomic E-state index is 5.50. The van der Waals surface area contributed by atoms with Gasteiger partial charge in [-0.25, -0.2) is 0 Å². The Morgan fingerprint density at radius 1 is 1.26 bits per heavy atom. The van der Waals surface area contributed by atoms with Crippen LogP contribution >= 0.6 is 0 Å². The van der Waals surface area contributed by atoms with Gasteiger partial charge in [0.25, 0.3) is 0 Å². The molecular formula is C16H24N2O. The minimum Gasteiger partial charge on any atom is -0.496 e. The monoisotopic (exact) mass is 260 g/mol. The van der Waals surface area contributed by atoms with Gasteiger partial charge in [0.05, 0.1) is 7.11 Å². The summed E-state index contributed by atoms with van der Waals surface area (Å²) in [6, 6.07) is 6.33. The van der Waals surface area contributed by atoms with Crippen LogP contribution in [-0.4, -0.2) is 31.6 Å². The van der Waals surface area contributed by atoms with Crippen molar-refractivity contribution in [1.82, 2.24) is 4.90 Å². The number of methoxy groups -OCH3 is 1. The lowest BCUT2D eigenvalue weighted by molar-refractivity contribution is 0.218. The standard InChI is InChI=1S/C16H24N2O/c1-19-16-8-7-14(6-5-9-17)12-15(16)13-18-10-3-2-4-11-18/h5-8,12H,2-4,9-11,13,17H2,1H3/b6-5+. The molecule has 1 aliphatic heterocycles. The van der Waals surface area contributed by atoms with Gasteiger partial charge < -0.3 is 10.5 Å². The van der Waals surface area contributed by atoms with Crippen molar-refractivity contribution in [1.29, 1.82) is 0 Å². The Morgan fingerprint density at radius 3 is 2.74 bits per heavy atom. The zero-order valence-electron chi connectivity index (χ0n) is 11.8.